The molecule has 1 heterocycles. The summed E-state index contributed by atoms with van der Waals surface area (Å²) in [5.41, 5.74) is 0. The molecule has 3 heteroatoms. The first-order chi connectivity index (χ1) is 7.26. The Morgan fingerprint density at radius 2 is 2.20 bits per heavy atom. The van der Waals surface area contributed by atoms with Crippen LogP contribution in [-0.4, -0.2) is 62.2 Å². The monoisotopic (exact) mass is 213 g/mol. The van der Waals surface area contributed by atoms with Crippen LogP contribution in [0.15, 0.2) is 0 Å². The number of hydrogen-bond donors (Lipinski definition) is 1. The van der Waals surface area contributed by atoms with Gasteiger partial charge in [-0.2, -0.15) is 0 Å². The van der Waals surface area contributed by atoms with E-state index in [9.17, 15) is 0 Å². The molecule has 1 aliphatic heterocycles. The van der Waals surface area contributed by atoms with Crippen LogP contribution in [0.2, 0.25) is 0 Å². The lowest BCUT2D eigenvalue weighted by molar-refractivity contribution is 0.260. The fraction of sp³-hybridized carbons (Fsp3) is 1.00. The molecule has 0 spiro atoms. The second kappa shape index (κ2) is 7.20. The lowest BCUT2D eigenvalue weighted by Gasteiger charge is -2.20. The van der Waals surface area contributed by atoms with E-state index in [0.717, 1.165) is 12.6 Å². The Balaban J connectivity index is 2.08. The largest absolute Gasteiger partial charge is 0.313 e. The molecular formula is C12H27N3. The molecule has 1 saturated heterocycles. The van der Waals surface area contributed by atoms with Crippen LogP contribution in [0.25, 0.3) is 0 Å². The SMILES string of the molecule is CCCNC1CCN(CCN(C)CC)C1. The van der Waals surface area contributed by atoms with Gasteiger partial charge >= 0.3 is 0 Å². The Bertz CT molecular complexity index is 161. The first kappa shape index (κ1) is 12.9. The van der Waals surface area contributed by atoms with E-state index in [0.29, 0.717) is 0 Å². The van der Waals surface area contributed by atoms with Gasteiger partial charge in [0.2, 0.25) is 0 Å². The minimum atomic E-state index is 0.747. The normalized spacial score (nSPS) is 22.8. The molecular weight excluding hydrogens is 186 g/mol. The second-order valence-corrected chi connectivity index (χ2v) is 4.64. The zero-order valence-electron chi connectivity index (χ0n) is 10.6. The van der Waals surface area contributed by atoms with Crippen molar-refractivity contribution in [3.63, 3.8) is 0 Å². The van der Waals surface area contributed by atoms with Crippen molar-refractivity contribution in [1.29, 1.82) is 0 Å². The molecule has 1 unspecified atom stereocenters. The van der Waals surface area contributed by atoms with Crippen molar-refractivity contribution in [2.45, 2.75) is 32.7 Å². The molecule has 0 aromatic rings. The van der Waals surface area contributed by atoms with Crippen molar-refractivity contribution in [2.75, 3.05) is 46.3 Å². The van der Waals surface area contributed by atoms with E-state index in [-0.39, 0.29) is 0 Å². The summed E-state index contributed by atoms with van der Waals surface area (Å²) >= 11 is 0. The Morgan fingerprint density at radius 3 is 2.87 bits per heavy atom. The van der Waals surface area contributed by atoms with Crippen LogP contribution >= 0.6 is 0 Å². The summed E-state index contributed by atoms with van der Waals surface area (Å²) in [5.74, 6) is 0. The van der Waals surface area contributed by atoms with Gasteiger partial charge in [-0.05, 0) is 39.5 Å². The highest BCUT2D eigenvalue weighted by atomic mass is 15.2. The van der Waals surface area contributed by atoms with Crippen LogP contribution in [-0.2, 0) is 0 Å². The summed E-state index contributed by atoms with van der Waals surface area (Å²) in [6, 6.07) is 0.747. The van der Waals surface area contributed by atoms with Gasteiger partial charge in [0.15, 0.2) is 0 Å². The molecule has 1 rings (SSSR count). The van der Waals surface area contributed by atoms with Crippen LogP contribution in [0, 0.1) is 0 Å². The molecule has 0 saturated carbocycles. The highest BCUT2D eigenvalue weighted by Crippen LogP contribution is 2.08. The fourth-order valence-electron chi connectivity index (χ4n) is 2.02. The topological polar surface area (TPSA) is 18.5 Å². The molecule has 0 amide bonds. The molecule has 0 aromatic carbocycles. The summed E-state index contributed by atoms with van der Waals surface area (Å²) in [5, 5.41) is 3.61. The maximum absolute atomic E-state index is 3.61. The van der Waals surface area contributed by atoms with Gasteiger partial charge in [0.1, 0.15) is 0 Å². The van der Waals surface area contributed by atoms with Crippen LogP contribution in [0.1, 0.15) is 26.7 Å². The lowest BCUT2D eigenvalue weighted by atomic mass is 10.2. The van der Waals surface area contributed by atoms with E-state index in [2.05, 4.69) is 36.0 Å². The number of nitrogens with zero attached hydrogens (tertiary/aromatic N) is 2. The summed E-state index contributed by atoms with van der Waals surface area (Å²) in [6.07, 6.45) is 2.57. The maximum atomic E-state index is 3.61. The van der Waals surface area contributed by atoms with E-state index in [4.69, 9.17) is 0 Å². The van der Waals surface area contributed by atoms with Crippen molar-refractivity contribution < 1.29 is 0 Å². The van der Waals surface area contributed by atoms with E-state index in [1.165, 1.54) is 45.6 Å². The van der Waals surface area contributed by atoms with Crippen molar-refractivity contribution in [1.82, 2.24) is 15.1 Å². The lowest BCUT2D eigenvalue weighted by Crippen LogP contribution is -2.36. The summed E-state index contributed by atoms with van der Waals surface area (Å²) in [6.45, 7) is 11.7. The number of likely N-dealkylation sites (N-methyl/N-ethyl adjacent to an activating group) is 1. The third-order valence-corrected chi connectivity index (χ3v) is 3.29. The van der Waals surface area contributed by atoms with Crippen LogP contribution in [0.5, 0.6) is 0 Å². The molecule has 0 aromatic heterocycles. The summed E-state index contributed by atoms with van der Waals surface area (Å²) in [7, 11) is 2.20. The van der Waals surface area contributed by atoms with Gasteiger partial charge < -0.3 is 15.1 Å². The van der Waals surface area contributed by atoms with Gasteiger partial charge in [-0.25, -0.2) is 0 Å². The predicted molar refractivity (Wildman–Crippen MR) is 66.3 cm³/mol. The Morgan fingerprint density at radius 1 is 1.40 bits per heavy atom. The first-order valence-corrected chi connectivity index (χ1v) is 6.40. The number of nitrogens with one attached hydrogen (secondary N) is 1. The van der Waals surface area contributed by atoms with Gasteiger partial charge in [0, 0.05) is 25.7 Å². The van der Waals surface area contributed by atoms with E-state index < -0.39 is 0 Å². The molecule has 1 N–H and O–H groups in total. The molecule has 0 bridgehead atoms. The molecule has 90 valence electrons. The van der Waals surface area contributed by atoms with Crippen LogP contribution in [0.4, 0.5) is 0 Å². The number of hydrogen-bond acceptors (Lipinski definition) is 3. The molecule has 1 aliphatic rings. The zero-order valence-corrected chi connectivity index (χ0v) is 10.6. The molecule has 1 fully saturated rings. The Labute approximate surface area is 94.8 Å². The number of rotatable bonds is 7. The van der Waals surface area contributed by atoms with E-state index in [1.807, 2.05) is 0 Å². The van der Waals surface area contributed by atoms with Gasteiger partial charge in [0.05, 0.1) is 0 Å². The quantitative estimate of drug-likeness (QED) is 0.681. The van der Waals surface area contributed by atoms with Crippen LogP contribution in [0.3, 0.4) is 0 Å². The Hall–Kier alpha value is -0.120. The standard InChI is InChI=1S/C12H27N3/c1-4-7-13-12-6-8-15(11-12)10-9-14(3)5-2/h12-13H,4-11H2,1-3H3. The molecule has 3 nitrogen and oxygen atoms in total. The minimum absolute atomic E-state index is 0.747. The van der Waals surface area contributed by atoms with Crippen molar-refractivity contribution in [3.8, 4) is 0 Å². The van der Waals surface area contributed by atoms with Gasteiger partial charge in [-0.3, -0.25) is 0 Å². The van der Waals surface area contributed by atoms with Crippen molar-refractivity contribution >= 4 is 0 Å². The van der Waals surface area contributed by atoms with Crippen molar-refractivity contribution in [3.05, 3.63) is 0 Å². The second-order valence-electron chi connectivity index (χ2n) is 4.64. The molecule has 0 radical (unpaired) electrons. The van der Waals surface area contributed by atoms with Crippen LogP contribution < -0.4 is 5.32 Å². The van der Waals surface area contributed by atoms with Gasteiger partial charge in [0.25, 0.3) is 0 Å². The maximum Gasteiger partial charge on any atom is 0.0207 e. The summed E-state index contributed by atoms with van der Waals surface area (Å²) in [4.78, 5) is 4.96. The fourth-order valence-corrected chi connectivity index (χ4v) is 2.02. The van der Waals surface area contributed by atoms with Crippen molar-refractivity contribution in [2.24, 2.45) is 0 Å². The number of likely N-dealkylation sites (tertiary alicyclic amines) is 1. The highest BCUT2D eigenvalue weighted by molar-refractivity contribution is 4.80. The summed E-state index contributed by atoms with van der Waals surface area (Å²) < 4.78 is 0. The first-order valence-electron chi connectivity index (χ1n) is 6.40. The third kappa shape index (κ3) is 4.96. The van der Waals surface area contributed by atoms with E-state index >= 15 is 0 Å². The minimum Gasteiger partial charge on any atom is -0.313 e. The molecule has 1 atom stereocenters. The predicted octanol–water partition coefficient (Wildman–Crippen LogP) is 1.01. The van der Waals surface area contributed by atoms with Gasteiger partial charge in [-0.1, -0.05) is 13.8 Å². The molecule has 0 aliphatic carbocycles. The van der Waals surface area contributed by atoms with Gasteiger partial charge in [-0.15, -0.1) is 0 Å². The zero-order chi connectivity index (χ0) is 11.1. The average Bonchev–Trinajstić information content (AvgIpc) is 2.71. The average molecular weight is 213 g/mol. The smallest absolute Gasteiger partial charge is 0.0207 e. The highest BCUT2D eigenvalue weighted by Gasteiger charge is 2.21. The Kier molecular flexibility index (Phi) is 6.22. The third-order valence-electron chi connectivity index (χ3n) is 3.29. The van der Waals surface area contributed by atoms with E-state index in [1.54, 1.807) is 0 Å². The molecule has 15 heavy (non-hydrogen) atoms.